The third-order valence-corrected chi connectivity index (χ3v) is 6.09. The predicted octanol–water partition coefficient (Wildman–Crippen LogP) is 2.41. The number of piperazine rings is 1. The van der Waals surface area contributed by atoms with Crippen LogP contribution >= 0.6 is 0 Å². The summed E-state index contributed by atoms with van der Waals surface area (Å²) < 4.78 is 0. The summed E-state index contributed by atoms with van der Waals surface area (Å²) in [5.74, 6) is 0.305. The topological polar surface area (TPSA) is 55.9 Å². The van der Waals surface area contributed by atoms with Gasteiger partial charge in [0.05, 0.1) is 0 Å². The van der Waals surface area contributed by atoms with Gasteiger partial charge in [-0.3, -0.25) is 14.5 Å². The fourth-order valence-corrected chi connectivity index (χ4v) is 4.32. The molecule has 0 aliphatic carbocycles. The molecule has 1 atom stereocenters. The third kappa shape index (κ3) is 6.46. The minimum absolute atomic E-state index is 0.0960. The second-order valence-electron chi connectivity index (χ2n) is 8.37. The number of hydrogen-bond acceptors (Lipinski definition) is 4. The zero-order valence-electron chi connectivity index (χ0n) is 18.0. The summed E-state index contributed by atoms with van der Waals surface area (Å²) in [6.07, 6.45) is 4.13. The first-order valence-corrected chi connectivity index (χ1v) is 11.2. The second-order valence-corrected chi connectivity index (χ2v) is 8.37. The maximum absolute atomic E-state index is 12.5. The molecule has 2 aliphatic rings. The lowest BCUT2D eigenvalue weighted by Crippen LogP contribution is -2.48. The Balaban J connectivity index is 1.39. The van der Waals surface area contributed by atoms with Crippen molar-refractivity contribution in [1.82, 2.24) is 15.1 Å². The van der Waals surface area contributed by atoms with Gasteiger partial charge in [0.1, 0.15) is 0 Å². The molecule has 0 spiro atoms. The molecule has 2 heterocycles. The molecule has 2 amide bonds. The van der Waals surface area contributed by atoms with Crippen molar-refractivity contribution in [3.63, 3.8) is 0 Å². The van der Waals surface area contributed by atoms with E-state index >= 15 is 0 Å². The van der Waals surface area contributed by atoms with E-state index in [2.05, 4.69) is 46.3 Å². The van der Waals surface area contributed by atoms with Gasteiger partial charge in [0, 0.05) is 70.4 Å². The molecule has 3 rings (SSSR count). The second kappa shape index (κ2) is 10.6. The van der Waals surface area contributed by atoms with E-state index in [0.29, 0.717) is 19.4 Å². The molecule has 1 aromatic carbocycles. The number of aryl methyl sites for hydroxylation is 1. The standard InChI is InChI=1S/C23H36N4O2/c1-3-23(29)27-11-5-4-8-20(18-27)24-22(28)10-12-25-13-15-26(16-14-25)21-9-6-7-19(2)17-21/h6-7,9,17,20H,3-5,8,10-16,18H2,1-2H3,(H,24,28)/t20-/m0/s1. The van der Waals surface area contributed by atoms with E-state index in [1.807, 2.05) is 11.8 Å². The first-order valence-electron chi connectivity index (χ1n) is 11.2. The molecule has 0 saturated carbocycles. The van der Waals surface area contributed by atoms with Crippen LogP contribution in [-0.4, -0.2) is 73.5 Å². The molecule has 0 bridgehead atoms. The van der Waals surface area contributed by atoms with E-state index in [-0.39, 0.29) is 17.9 Å². The highest BCUT2D eigenvalue weighted by Gasteiger charge is 2.23. The Labute approximate surface area is 175 Å². The molecule has 0 radical (unpaired) electrons. The van der Waals surface area contributed by atoms with Gasteiger partial charge < -0.3 is 15.1 Å². The van der Waals surface area contributed by atoms with Gasteiger partial charge in [0.25, 0.3) is 0 Å². The largest absolute Gasteiger partial charge is 0.369 e. The van der Waals surface area contributed by atoms with Crippen molar-refractivity contribution in [2.45, 2.75) is 52.0 Å². The first kappa shape index (κ1) is 21.6. The lowest BCUT2D eigenvalue weighted by atomic mass is 10.1. The van der Waals surface area contributed by atoms with Crippen LogP contribution in [0, 0.1) is 6.92 Å². The van der Waals surface area contributed by atoms with Gasteiger partial charge in [-0.1, -0.05) is 19.1 Å². The van der Waals surface area contributed by atoms with Crippen LogP contribution in [0.5, 0.6) is 0 Å². The third-order valence-electron chi connectivity index (χ3n) is 6.09. The summed E-state index contributed by atoms with van der Waals surface area (Å²) in [5, 5.41) is 3.18. The molecule has 29 heavy (non-hydrogen) atoms. The van der Waals surface area contributed by atoms with Gasteiger partial charge in [0.15, 0.2) is 0 Å². The molecule has 1 aromatic rings. The van der Waals surface area contributed by atoms with E-state index in [4.69, 9.17) is 0 Å². The van der Waals surface area contributed by atoms with Gasteiger partial charge in [0.2, 0.25) is 11.8 Å². The Morgan fingerprint density at radius 1 is 1.10 bits per heavy atom. The van der Waals surface area contributed by atoms with Crippen molar-refractivity contribution in [3.8, 4) is 0 Å². The number of benzene rings is 1. The van der Waals surface area contributed by atoms with Crippen LogP contribution in [0.15, 0.2) is 24.3 Å². The van der Waals surface area contributed by atoms with Crippen molar-refractivity contribution in [3.05, 3.63) is 29.8 Å². The van der Waals surface area contributed by atoms with Crippen molar-refractivity contribution in [1.29, 1.82) is 0 Å². The lowest BCUT2D eigenvalue weighted by molar-refractivity contribution is -0.131. The van der Waals surface area contributed by atoms with Crippen LogP contribution in [0.3, 0.4) is 0 Å². The van der Waals surface area contributed by atoms with Crippen LogP contribution in [0.4, 0.5) is 5.69 Å². The summed E-state index contributed by atoms with van der Waals surface area (Å²) in [7, 11) is 0. The highest BCUT2D eigenvalue weighted by molar-refractivity contribution is 5.77. The summed E-state index contributed by atoms with van der Waals surface area (Å²) in [4.78, 5) is 31.2. The minimum atomic E-state index is 0.0960. The molecule has 6 heteroatoms. The van der Waals surface area contributed by atoms with E-state index < -0.39 is 0 Å². The van der Waals surface area contributed by atoms with Crippen LogP contribution < -0.4 is 10.2 Å². The Bertz CT molecular complexity index is 685. The molecular formula is C23H36N4O2. The molecular weight excluding hydrogens is 364 g/mol. The van der Waals surface area contributed by atoms with Crippen molar-refractivity contribution in [2.75, 3.05) is 50.7 Å². The Hall–Kier alpha value is -2.08. The smallest absolute Gasteiger partial charge is 0.222 e. The highest BCUT2D eigenvalue weighted by atomic mass is 16.2. The average Bonchev–Trinajstić information content (AvgIpc) is 2.97. The summed E-state index contributed by atoms with van der Waals surface area (Å²) in [6.45, 7) is 10.3. The van der Waals surface area contributed by atoms with E-state index in [0.717, 1.165) is 58.5 Å². The predicted molar refractivity (Wildman–Crippen MR) is 117 cm³/mol. The van der Waals surface area contributed by atoms with Crippen LogP contribution in [-0.2, 0) is 9.59 Å². The van der Waals surface area contributed by atoms with Crippen LogP contribution in [0.25, 0.3) is 0 Å². The first-order chi connectivity index (χ1) is 14.0. The summed E-state index contributed by atoms with van der Waals surface area (Å²) in [6, 6.07) is 8.75. The lowest BCUT2D eigenvalue weighted by Gasteiger charge is -2.36. The minimum Gasteiger partial charge on any atom is -0.369 e. The monoisotopic (exact) mass is 400 g/mol. The number of nitrogens with zero attached hydrogens (tertiary/aromatic N) is 3. The van der Waals surface area contributed by atoms with Gasteiger partial charge in [-0.25, -0.2) is 0 Å². The molecule has 6 nitrogen and oxygen atoms in total. The maximum Gasteiger partial charge on any atom is 0.222 e. The number of anilines is 1. The van der Waals surface area contributed by atoms with Gasteiger partial charge in [-0.15, -0.1) is 0 Å². The van der Waals surface area contributed by atoms with Gasteiger partial charge >= 0.3 is 0 Å². The number of likely N-dealkylation sites (tertiary alicyclic amines) is 1. The normalized spacial score (nSPS) is 21.0. The number of carbonyl (C=O) groups excluding carboxylic acids is 2. The molecule has 2 fully saturated rings. The number of rotatable bonds is 6. The number of hydrogen-bond donors (Lipinski definition) is 1. The van der Waals surface area contributed by atoms with Gasteiger partial charge in [-0.05, 0) is 43.9 Å². The molecule has 0 unspecified atom stereocenters. The highest BCUT2D eigenvalue weighted by Crippen LogP contribution is 2.18. The molecule has 2 aliphatic heterocycles. The fraction of sp³-hybridized carbons (Fsp3) is 0.652. The average molecular weight is 401 g/mol. The maximum atomic E-state index is 12.5. The van der Waals surface area contributed by atoms with E-state index in [9.17, 15) is 9.59 Å². The quantitative estimate of drug-likeness (QED) is 0.797. The molecule has 160 valence electrons. The number of nitrogens with one attached hydrogen (secondary N) is 1. The van der Waals surface area contributed by atoms with Crippen molar-refractivity contribution >= 4 is 17.5 Å². The van der Waals surface area contributed by atoms with E-state index in [1.54, 1.807) is 0 Å². The van der Waals surface area contributed by atoms with Crippen molar-refractivity contribution in [2.24, 2.45) is 0 Å². The molecule has 0 aromatic heterocycles. The Kier molecular flexibility index (Phi) is 7.92. The SMILES string of the molecule is CCC(=O)N1CCCC[C@H](NC(=O)CCN2CCN(c3cccc(C)c3)CC2)C1. The number of carbonyl (C=O) groups is 2. The van der Waals surface area contributed by atoms with Crippen LogP contribution in [0.2, 0.25) is 0 Å². The fourth-order valence-electron chi connectivity index (χ4n) is 4.32. The zero-order valence-corrected chi connectivity index (χ0v) is 18.0. The zero-order chi connectivity index (χ0) is 20.6. The Morgan fingerprint density at radius 2 is 1.90 bits per heavy atom. The Morgan fingerprint density at radius 3 is 2.62 bits per heavy atom. The van der Waals surface area contributed by atoms with Crippen LogP contribution in [0.1, 0.15) is 44.6 Å². The molecule has 2 saturated heterocycles. The summed E-state index contributed by atoms with van der Waals surface area (Å²) >= 11 is 0. The molecule has 1 N–H and O–H groups in total. The number of amides is 2. The van der Waals surface area contributed by atoms with E-state index in [1.165, 1.54) is 11.3 Å². The van der Waals surface area contributed by atoms with Gasteiger partial charge in [-0.2, -0.15) is 0 Å². The summed E-state index contributed by atoms with van der Waals surface area (Å²) in [5.41, 5.74) is 2.58. The van der Waals surface area contributed by atoms with Crippen molar-refractivity contribution < 1.29 is 9.59 Å².